The van der Waals surface area contributed by atoms with E-state index < -0.39 is 0 Å². The second kappa shape index (κ2) is 4.34. The SMILES string of the molecule is CC1CNCCN1c1cnc2ccccc2c1. The number of piperazine rings is 1. The van der Waals surface area contributed by atoms with Crippen molar-refractivity contribution < 1.29 is 0 Å². The second-order valence-corrected chi connectivity index (χ2v) is 4.63. The van der Waals surface area contributed by atoms with Crippen LogP contribution in [0.2, 0.25) is 0 Å². The largest absolute Gasteiger partial charge is 0.365 e. The van der Waals surface area contributed by atoms with E-state index in [-0.39, 0.29) is 0 Å². The van der Waals surface area contributed by atoms with Gasteiger partial charge in [0.1, 0.15) is 0 Å². The molecule has 2 heterocycles. The molecule has 3 rings (SSSR count). The maximum absolute atomic E-state index is 4.53. The van der Waals surface area contributed by atoms with Crippen molar-refractivity contribution in [2.45, 2.75) is 13.0 Å². The van der Waals surface area contributed by atoms with Gasteiger partial charge in [0.05, 0.1) is 17.4 Å². The molecular formula is C14H17N3. The lowest BCUT2D eigenvalue weighted by Gasteiger charge is -2.35. The highest BCUT2D eigenvalue weighted by molar-refractivity contribution is 5.81. The fraction of sp³-hybridized carbons (Fsp3) is 0.357. The molecule has 1 aromatic carbocycles. The monoisotopic (exact) mass is 227 g/mol. The number of hydrogen-bond acceptors (Lipinski definition) is 3. The van der Waals surface area contributed by atoms with E-state index in [1.54, 1.807) is 0 Å². The molecule has 0 saturated carbocycles. The molecule has 1 N–H and O–H groups in total. The summed E-state index contributed by atoms with van der Waals surface area (Å²) < 4.78 is 0. The number of benzene rings is 1. The predicted octanol–water partition coefficient (Wildman–Crippen LogP) is 2.03. The predicted molar refractivity (Wildman–Crippen MR) is 71.4 cm³/mol. The maximum Gasteiger partial charge on any atom is 0.0703 e. The van der Waals surface area contributed by atoms with Crippen LogP contribution in [0, 0.1) is 0 Å². The molecule has 3 nitrogen and oxygen atoms in total. The van der Waals surface area contributed by atoms with Gasteiger partial charge in [-0.3, -0.25) is 4.98 Å². The standard InChI is InChI=1S/C14H17N3/c1-11-9-15-6-7-17(11)13-8-12-4-2-3-5-14(12)16-10-13/h2-5,8,10-11,15H,6-7,9H2,1H3. The van der Waals surface area contributed by atoms with Crippen LogP contribution in [0.3, 0.4) is 0 Å². The first-order valence-corrected chi connectivity index (χ1v) is 6.17. The van der Waals surface area contributed by atoms with Crippen LogP contribution in [0.4, 0.5) is 5.69 Å². The van der Waals surface area contributed by atoms with E-state index in [1.807, 2.05) is 12.3 Å². The van der Waals surface area contributed by atoms with E-state index in [4.69, 9.17) is 0 Å². The normalized spacial score (nSPS) is 20.8. The first-order valence-electron chi connectivity index (χ1n) is 6.17. The quantitative estimate of drug-likeness (QED) is 0.808. The Morgan fingerprint density at radius 3 is 3.12 bits per heavy atom. The van der Waals surface area contributed by atoms with Gasteiger partial charge < -0.3 is 10.2 Å². The summed E-state index contributed by atoms with van der Waals surface area (Å²) in [4.78, 5) is 6.96. The highest BCUT2D eigenvalue weighted by atomic mass is 15.2. The molecule has 0 spiro atoms. The summed E-state index contributed by atoms with van der Waals surface area (Å²) in [6.07, 6.45) is 1.99. The highest BCUT2D eigenvalue weighted by Gasteiger charge is 2.18. The third-order valence-electron chi connectivity index (χ3n) is 3.41. The number of para-hydroxylation sites is 1. The number of nitrogens with one attached hydrogen (secondary N) is 1. The van der Waals surface area contributed by atoms with Crippen molar-refractivity contribution in [1.82, 2.24) is 10.3 Å². The van der Waals surface area contributed by atoms with Crippen LogP contribution < -0.4 is 10.2 Å². The van der Waals surface area contributed by atoms with E-state index in [2.05, 4.69) is 46.4 Å². The number of rotatable bonds is 1. The number of anilines is 1. The van der Waals surface area contributed by atoms with Crippen molar-refractivity contribution in [1.29, 1.82) is 0 Å². The highest BCUT2D eigenvalue weighted by Crippen LogP contribution is 2.22. The third-order valence-corrected chi connectivity index (χ3v) is 3.41. The third kappa shape index (κ3) is 1.98. The molecular weight excluding hydrogens is 210 g/mol. The van der Waals surface area contributed by atoms with Gasteiger partial charge in [-0.15, -0.1) is 0 Å². The molecule has 1 aliphatic heterocycles. The zero-order valence-corrected chi connectivity index (χ0v) is 10.1. The van der Waals surface area contributed by atoms with Crippen LogP contribution in [0.15, 0.2) is 36.5 Å². The van der Waals surface area contributed by atoms with Crippen molar-refractivity contribution in [3.8, 4) is 0 Å². The van der Waals surface area contributed by atoms with Crippen molar-refractivity contribution in [3.63, 3.8) is 0 Å². The number of nitrogens with zero attached hydrogens (tertiary/aromatic N) is 2. The number of aromatic nitrogens is 1. The van der Waals surface area contributed by atoms with Crippen LogP contribution in [-0.4, -0.2) is 30.7 Å². The molecule has 1 saturated heterocycles. The fourth-order valence-corrected chi connectivity index (χ4v) is 2.44. The molecule has 1 fully saturated rings. The van der Waals surface area contributed by atoms with Gasteiger partial charge in [0.25, 0.3) is 0 Å². The Balaban J connectivity index is 1.99. The molecule has 2 aromatic rings. The van der Waals surface area contributed by atoms with Gasteiger partial charge in [-0.1, -0.05) is 18.2 Å². The molecule has 0 radical (unpaired) electrons. The van der Waals surface area contributed by atoms with Gasteiger partial charge >= 0.3 is 0 Å². The van der Waals surface area contributed by atoms with E-state index in [0.717, 1.165) is 25.2 Å². The summed E-state index contributed by atoms with van der Waals surface area (Å²) in [6, 6.07) is 11.0. The molecule has 0 bridgehead atoms. The minimum absolute atomic E-state index is 0.534. The van der Waals surface area contributed by atoms with Gasteiger partial charge in [-0.05, 0) is 19.1 Å². The van der Waals surface area contributed by atoms with Crippen molar-refractivity contribution in [2.24, 2.45) is 0 Å². The zero-order valence-electron chi connectivity index (χ0n) is 10.1. The first-order chi connectivity index (χ1) is 8.34. The summed E-state index contributed by atoms with van der Waals surface area (Å²) in [5.74, 6) is 0. The van der Waals surface area contributed by atoms with E-state index in [1.165, 1.54) is 11.1 Å². The second-order valence-electron chi connectivity index (χ2n) is 4.63. The Morgan fingerprint density at radius 2 is 2.24 bits per heavy atom. The Hall–Kier alpha value is -1.61. The Kier molecular flexibility index (Phi) is 2.69. The molecule has 1 aromatic heterocycles. The molecule has 1 atom stereocenters. The van der Waals surface area contributed by atoms with Crippen LogP contribution in [-0.2, 0) is 0 Å². The van der Waals surface area contributed by atoms with Gasteiger partial charge in [0.15, 0.2) is 0 Å². The number of hydrogen-bond donors (Lipinski definition) is 1. The summed E-state index contributed by atoms with van der Waals surface area (Å²) in [5, 5.41) is 4.63. The molecule has 0 aliphatic carbocycles. The van der Waals surface area contributed by atoms with Gasteiger partial charge in [-0.2, -0.15) is 0 Å². The fourth-order valence-electron chi connectivity index (χ4n) is 2.44. The van der Waals surface area contributed by atoms with Crippen LogP contribution in [0.25, 0.3) is 10.9 Å². The van der Waals surface area contributed by atoms with Gasteiger partial charge in [0.2, 0.25) is 0 Å². The Labute approximate surface area is 101 Å². The van der Waals surface area contributed by atoms with Crippen molar-refractivity contribution >= 4 is 16.6 Å². The molecule has 88 valence electrons. The maximum atomic E-state index is 4.53. The number of fused-ring (bicyclic) bond motifs is 1. The molecule has 1 unspecified atom stereocenters. The van der Waals surface area contributed by atoms with E-state index in [0.29, 0.717) is 6.04 Å². The van der Waals surface area contributed by atoms with Crippen LogP contribution in [0.5, 0.6) is 0 Å². The van der Waals surface area contributed by atoms with E-state index >= 15 is 0 Å². The van der Waals surface area contributed by atoms with Crippen molar-refractivity contribution in [3.05, 3.63) is 36.5 Å². The lowest BCUT2D eigenvalue weighted by atomic mass is 10.1. The first kappa shape index (κ1) is 10.5. The molecule has 3 heteroatoms. The van der Waals surface area contributed by atoms with Gasteiger partial charge in [0, 0.05) is 31.1 Å². The lowest BCUT2D eigenvalue weighted by molar-refractivity contribution is 0.500. The van der Waals surface area contributed by atoms with Crippen LogP contribution in [0.1, 0.15) is 6.92 Å². The van der Waals surface area contributed by atoms with Crippen molar-refractivity contribution in [2.75, 3.05) is 24.5 Å². The minimum Gasteiger partial charge on any atom is -0.365 e. The average Bonchev–Trinajstić information content (AvgIpc) is 2.39. The van der Waals surface area contributed by atoms with E-state index in [9.17, 15) is 0 Å². The Morgan fingerprint density at radius 1 is 1.35 bits per heavy atom. The summed E-state index contributed by atoms with van der Waals surface area (Å²) in [7, 11) is 0. The Bertz CT molecular complexity index is 524. The zero-order chi connectivity index (χ0) is 11.7. The molecule has 0 amide bonds. The van der Waals surface area contributed by atoms with Gasteiger partial charge in [-0.25, -0.2) is 0 Å². The lowest BCUT2D eigenvalue weighted by Crippen LogP contribution is -2.49. The number of pyridine rings is 1. The smallest absolute Gasteiger partial charge is 0.0703 e. The molecule has 1 aliphatic rings. The molecule has 17 heavy (non-hydrogen) atoms. The average molecular weight is 227 g/mol. The minimum atomic E-state index is 0.534. The summed E-state index contributed by atoms with van der Waals surface area (Å²) >= 11 is 0. The topological polar surface area (TPSA) is 28.2 Å². The van der Waals surface area contributed by atoms with Crippen LogP contribution >= 0.6 is 0 Å². The summed E-state index contributed by atoms with van der Waals surface area (Å²) in [6.45, 7) is 5.41. The summed E-state index contributed by atoms with van der Waals surface area (Å²) in [5.41, 5.74) is 2.30.